The van der Waals surface area contributed by atoms with Crippen molar-refractivity contribution in [3.63, 3.8) is 0 Å². The van der Waals surface area contributed by atoms with Crippen LogP contribution in [0.25, 0.3) is 0 Å². The Morgan fingerprint density at radius 3 is 2.63 bits per heavy atom. The van der Waals surface area contributed by atoms with Crippen molar-refractivity contribution in [1.82, 2.24) is 0 Å². The summed E-state index contributed by atoms with van der Waals surface area (Å²) >= 11 is 5.97. The molecule has 0 radical (unpaired) electrons. The van der Waals surface area contributed by atoms with Crippen LogP contribution in [-0.4, -0.2) is 18.4 Å². The minimum atomic E-state index is -0.573. The first-order valence-electron chi connectivity index (χ1n) is 6.09. The molecular formula is C13H18ClN3O2. The molecule has 0 bridgehead atoms. The molecule has 1 aromatic carbocycles. The normalized spacial score (nSPS) is 11.9. The number of nitrogens with two attached hydrogens (primary N) is 2. The monoisotopic (exact) mass is 283 g/mol. The molecule has 5 N–H and O–H groups in total. The molecule has 104 valence electrons. The van der Waals surface area contributed by atoms with Gasteiger partial charge in [0.2, 0.25) is 11.8 Å². The van der Waals surface area contributed by atoms with Crippen molar-refractivity contribution >= 4 is 29.1 Å². The molecule has 0 spiro atoms. The number of benzene rings is 1. The Morgan fingerprint density at radius 2 is 2.11 bits per heavy atom. The third-order valence-corrected chi connectivity index (χ3v) is 3.13. The average molecular weight is 284 g/mol. The number of primary amides is 1. The summed E-state index contributed by atoms with van der Waals surface area (Å²) in [4.78, 5) is 23.1. The fraction of sp³-hybridized carbons (Fsp3) is 0.385. The highest BCUT2D eigenvalue weighted by molar-refractivity contribution is 6.33. The lowest BCUT2D eigenvalue weighted by Crippen LogP contribution is -2.29. The van der Waals surface area contributed by atoms with E-state index in [2.05, 4.69) is 5.32 Å². The van der Waals surface area contributed by atoms with Gasteiger partial charge in [0.05, 0.1) is 16.6 Å². The molecular weight excluding hydrogens is 266 g/mol. The summed E-state index contributed by atoms with van der Waals surface area (Å²) in [6, 6.07) is 4.49. The topological polar surface area (TPSA) is 98.2 Å². The largest absolute Gasteiger partial charge is 0.366 e. The lowest BCUT2D eigenvalue weighted by molar-refractivity contribution is -0.119. The number of amides is 2. The van der Waals surface area contributed by atoms with Gasteiger partial charge in [-0.25, -0.2) is 0 Å². The molecule has 0 aliphatic heterocycles. The third kappa shape index (κ3) is 4.22. The average Bonchev–Trinajstić information content (AvgIpc) is 2.38. The lowest BCUT2D eigenvalue weighted by atomic mass is 10.0. The van der Waals surface area contributed by atoms with Crippen molar-refractivity contribution in [2.75, 3.05) is 11.9 Å². The van der Waals surface area contributed by atoms with Crippen molar-refractivity contribution in [3.8, 4) is 0 Å². The van der Waals surface area contributed by atoms with Gasteiger partial charge in [0.25, 0.3) is 0 Å². The molecule has 1 atom stereocenters. The van der Waals surface area contributed by atoms with Crippen LogP contribution >= 0.6 is 11.6 Å². The Morgan fingerprint density at radius 1 is 1.42 bits per heavy atom. The van der Waals surface area contributed by atoms with E-state index in [1.165, 1.54) is 18.2 Å². The SMILES string of the molecule is CCCC(CN)C(=O)Nc1cc(C(N)=O)ccc1Cl. The Hall–Kier alpha value is -1.59. The summed E-state index contributed by atoms with van der Waals surface area (Å²) < 4.78 is 0. The van der Waals surface area contributed by atoms with E-state index in [4.69, 9.17) is 23.1 Å². The molecule has 2 amide bonds. The first-order chi connectivity index (χ1) is 8.99. The van der Waals surface area contributed by atoms with Crippen LogP contribution in [0.3, 0.4) is 0 Å². The summed E-state index contributed by atoms with van der Waals surface area (Å²) in [5.74, 6) is -1.04. The van der Waals surface area contributed by atoms with Crippen molar-refractivity contribution < 1.29 is 9.59 Å². The molecule has 19 heavy (non-hydrogen) atoms. The zero-order valence-corrected chi connectivity index (χ0v) is 11.5. The van der Waals surface area contributed by atoms with Crippen LogP contribution in [0.5, 0.6) is 0 Å². The van der Waals surface area contributed by atoms with Crippen LogP contribution in [0, 0.1) is 5.92 Å². The van der Waals surface area contributed by atoms with Crippen molar-refractivity contribution in [3.05, 3.63) is 28.8 Å². The molecule has 0 aliphatic carbocycles. The van der Waals surface area contributed by atoms with E-state index in [9.17, 15) is 9.59 Å². The highest BCUT2D eigenvalue weighted by atomic mass is 35.5. The second-order valence-corrected chi connectivity index (χ2v) is 4.68. The summed E-state index contributed by atoms with van der Waals surface area (Å²) in [6.45, 7) is 2.25. The Bertz CT molecular complexity index is 477. The van der Waals surface area contributed by atoms with Gasteiger partial charge in [-0.15, -0.1) is 0 Å². The third-order valence-electron chi connectivity index (χ3n) is 2.80. The predicted molar refractivity (Wildman–Crippen MR) is 76.1 cm³/mol. The van der Waals surface area contributed by atoms with Gasteiger partial charge in [0.1, 0.15) is 0 Å². The summed E-state index contributed by atoms with van der Waals surface area (Å²) in [5.41, 5.74) is 11.4. The Kier molecular flexibility index (Phi) is 5.79. The van der Waals surface area contributed by atoms with Crippen LogP contribution in [0.1, 0.15) is 30.1 Å². The number of nitrogens with one attached hydrogen (secondary N) is 1. The van der Waals surface area contributed by atoms with E-state index in [1.54, 1.807) is 0 Å². The zero-order chi connectivity index (χ0) is 14.4. The number of hydrogen-bond donors (Lipinski definition) is 3. The van der Waals surface area contributed by atoms with Crippen LogP contribution in [0.4, 0.5) is 5.69 Å². The number of rotatable bonds is 6. The molecule has 1 rings (SSSR count). The number of anilines is 1. The fourth-order valence-electron chi connectivity index (χ4n) is 1.71. The number of carbonyl (C=O) groups is 2. The molecule has 1 aromatic rings. The van der Waals surface area contributed by atoms with E-state index in [-0.39, 0.29) is 18.4 Å². The molecule has 0 fully saturated rings. The summed E-state index contributed by atoms with van der Waals surface area (Å²) in [7, 11) is 0. The highest BCUT2D eigenvalue weighted by Crippen LogP contribution is 2.24. The van der Waals surface area contributed by atoms with E-state index < -0.39 is 5.91 Å². The summed E-state index contributed by atoms with van der Waals surface area (Å²) in [6.07, 6.45) is 1.57. The van der Waals surface area contributed by atoms with Gasteiger partial charge in [-0.3, -0.25) is 9.59 Å². The molecule has 5 nitrogen and oxygen atoms in total. The van der Waals surface area contributed by atoms with Crippen LogP contribution < -0.4 is 16.8 Å². The van der Waals surface area contributed by atoms with Crippen LogP contribution in [0.15, 0.2) is 18.2 Å². The highest BCUT2D eigenvalue weighted by Gasteiger charge is 2.17. The minimum absolute atomic E-state index is 0.201. The maximum atomic E-state index is 12.0. The van der Waals surface area contributed by atoms with Gasteiger partial charge >= 0.3 is 0 Å². The van der Waals surface area contributed by atoms with E-state index in [0.717, 1.165) is 6.42 Å². The minimum Gasteiger partial charge on any atom is -0.366 e. The quantitative estimate of drug-likeness (QED) is 0.742. The first kappa shape index (κ1) is 15.5. The molecule has 0 aromatic heterocycles. The molecule has 0 aliphatic rings. The van der Waals surface area contributed by atoms with Gasteiger partial charge in [-0.2, -0.15) is 0 Å². The van der Waals surface area contributed by atoms with E-state index >= 15 is 0 Å². The van der Waals surface area contributed by atoms with Crippen molar-refractivity contribution in [2.24, 2.45) is 17.4 Å². The Balaban J connectivity index is 2.89. The fourth-order valence-corrected chi connectivity index (χ4v) is 1.88. The van der Waals surface area contributed by atoms with E-state index in [1.807, 2.05) is 6.92 Å². The lowest BCUT2D eigenvalue weighted by Gasteiger charge is -2.15. The smallest absolute Gasteiger partial charge is 0.248 e. The molecule has 1 unspecified atom stereocenters. The summed E-state index contributed by atoms with van der Waals surface area (Å²) in [5, 5.41) is 3.04. The number of halogens is 1. The first-order valence-corrected chi connectivity index (χ1v) is 6.47. The van der Waals surface area contributed by atoms with Gasteiger partial charge in [-0.1, -0.05) is 24.9 Å². The van der Waals surface area contributed by atoms with Crippen LogP contribution in [-0.2, 0) is 4.79 Å². The maximum Gasteiger partial charge on any atom is 0.248 e. The van der Waals surface area contributed by atoms with E-state index in [0.29, 0.717) is 22.7 Å². The second-order valence-electron chi connectivity index (χ2n) is 4.27. The standard InChI is InChI=1S/C13H18ClN3O2/c1-2-3-9(7-15)13(19)17-11-6-8(12(16)18)4-5-10(11)14/h4-6,9H,2-3,7,15H2,1H3,(H2,16,18)(H,17,19). The van der Waals surface area contributed by atoms with Gasteiger partial charge in [0.15, 0.2) is 0 Å². The maximum absolute atomic E-state index is 12.0. The Labute approximate surface area is 117 Å². The predicted octanol–water partition coefficient (Wildman–Crippen LogP) is 1.75. The second kappa shape index (κ2) is 7.11. The molecule has 0 saturated carbocycles. The molecule has 6 heteroatoms. The van der Waals surface area contributed by atoms with Gasteiger partial charge < -0.3 is 16.8 Å². The number of hydrogen-bond acceptors (Lipinski definition) is 3. The van der Waals surface area contributed by atoms with Gasteiger partial charge in [0, 0.05) is 12.1 Å². The van der Waals surface area contributed by atoms with Crippen molar-refractivity contribution in [2.45, 2.75) is 19.8 Å². The zero-order valence-electron chi connectivity index (χ0n) is 10.8. The number of carbonyl (C=O) groups excluding carboxylic acids is 2. The molecule has 0 saturated heterocycles. The van der Waals surface area contributed by atoms with Crippen LogP contribution in [0.2, 0.25) is 5.02 Å². The van der Waals surface area contributed by atoms with Crippen molar-refractivity contribution in [1.29, 1.82) is 0 Å². The van der Waals surface area contributed by atoms with Gasteiger partial charge in [-0.05, 0) is 24.6 Å². The molecule has 0 heterocycles.